The van der Waals surface area contributed by atoms with E-state index in [1.165, 1.54) is 5.56 Å². The highest BCUT2D eigenvalue weighted by Crippen LogP contribution is 2.31. The number of carbonyl (C=O) groups is 1. The SMILES string of the molecule is Cc1[nH]c2c(C(C)C)cc(C(=O)O)cc2c1CCCN. The average molecular weight is 274 g/mol. The van der Waals surface area contributed by atoms with Gasteiger partial charge >= 0.3 is 5.97 Å². The van der Waals surface area contributed by atoms with Gasteiger partial charge in [-0.3, -0.25) is 0 Å². The lowest BCUT2D eigenvalue weighted by Crippen LogP contribution is -2.02. The largest absolute Gasteiger partial charge is 0.478 e. The lowest BCUT2D eigenvalue weighted by atomic mass is 9.95. The van der Waals surface area contributed by atoms with Crippen molar-refractivity contribution in [3.63, 3.8) is 0 Å². The van der Waals surface area contributed by atoms with E-state index in [-0.39, 0.29) is 5.92 Å². The quantitative estimate of drug-likeness (QED) is 0.783. The zero-order chi connectivity index (χ0) is 14.9. The maximum absolute atomic E-state index is 11.3. The number of nitrogens with two attached hydrogens (primary N) is 1. The first-order chi connectivity index (χ1) is 9.45. The van der Waals surface area contributed by atoms with Crippen LogP contribution < -0.4 is 5.73 Å². The summed E-state index contributed by atoms with van der Waals surface area (Å²) < 4.78 is 0. The van der Waals surface area contributed by atoms with Gasteiger partial charge in [0.1, 0.15) is 0 Å². The summed E-state index contributed by atoms with van der Waals surface area (Å²) in [6.07, 6.45) is 1.78. The smallest absolute Gasteiger partial charge is 0.335 e. The van der Waals surface area contributed by atoms with Gasteiger partial charge in [0.05, 0.1) is 5.56 Å². The van der Waals surface area contributed by atoms with Crippen LogP contribution in [0.5, 0.6) is 0 Å². The van der Waals surface area contributed by atoms with E-state index in [1.807, 2.05) is 6.92 Å². The van der Waals surface area contributed by atoms with Crippen molar-refractivity contribution >= 4 is 16.9 Å². The van der Waals surface area contributed by atoms with Gasteiger partial charge in [-0.15, -0.1) is 0 Å². The molecule has 4 nitrogen and oxygen atoms in total. The molecular formula is C16H22N2O2. The highest BCUT2D eigenvalue weighted by molar-refractivity contribution is 5.97. The van der Waals surface area contributed by atoms with Crippen LogP contribution in [0.3, 0.4) is 0 Å². The number of aromatic carboxylic acids is 1. The molecule has 20 heavy (non-hydrogen) atoms. The molecule has 0 aliphatic rings. The summed E-state index contributed by atoms with van der Waals surface area (Å²) in [5, 5.41) is 10.3. The van der Waals surface area contributed by atoms with Crippen molar-refractivity contribution in [1.29, 1.82) is 0 Å². The van der Waals surface area contributed by atoms with Crippen LogP contribution >= 0.6 is 0 Å². The number of fused-ring (bicyclic) bond motifs is 1. The molecule has 1 heterocycles. The number of hydrogen-bond donors (Lipinski definition) is 3. The Morgan fingerprint density at radius 2 is 2.10 bits per heavy atom. The Labute approximate surface area is 119 Å². The second kappa shape index (κ2) is 5.67. The number of rotatable bonds is 5. The summed E-state index contributed by atoms with van der Waals surface area (Å²) >= 11 is 0. The van der Waals surface area contributed by atoms with E-state index in [9.17, 15) is 9.90 Å². The number of carboxylic acids is 1. The van der Waals surface area contributed by atoms with Gasteiger partial charge < -0.3 is 15.8 Å². The normalized spacial score (nSPS) is 11.4. The molecule has 1 aromatic carbocycles. The van der Waals surface area contributed by atoms with E-state index >= 15 is 0 Å². The molecular weight excluding hydrogens is 252 g/mol. The number of carboxylic acid groups (broad SMARTS) is 1. The summed E-state index contributed by atoms with van der Waals surface area (Å²) in [6.45, 7) is 6.84. The van der Waals surface area contributed by atoms with Crippen LogP contribution in [-0.4, -0.2) is 22.6 Å². The fourth-order valence-corrected chi connectivity index (χ4v) is 2.69. The number of nitrogens with one attached hydrogen (secondary N) is 1. The molecule has 4 heteroatoms. The van der Waals surface area contributed by atoms with Crippen molar-refractivity contribution in [3.05, 3.63) is 34.5 Å². The standard InChI is InChI=1S/C16H22N2O2/c1-9(2)13-7-11(16(19)20)8-14-12(5-4-6-17)10(3)18-15(13)14/h7-9,18H,4-6,17H2,1-3H3,(H,19,20). The number of aromatic nitrogens is 1. The monoisotopic (exact) mass is 274 g/mol. The Morgan fingerprint density at radius 1 is 1.40 bits per heavy atom. The van der Waals surface area contributed by atoms with Crippen LogP contribution in [0, 0.1) is 6.92 Å². The summed E-state index contributed by atoms with van der Waals surface area (Å²) in [6, 6.07) is 3.55. The Bertz CT molecular complexity index is 641. The van der Waals surface area contributed by atoms with Crippen LogP contribution in [0.15, 0.2) is 12.1 Å². The van der Waals surface area contributed by atoms with E-state index in [0.717, 1.165) is 35.0 Å². The van der Waals surface area contributed by atoms with Crippen LogP contribution in [-0.2, 0) is 6.42 Å². The minimum atomic E-state index is -0.877. The highest BCUT2D eigenvalue weighted by atomic mass is 16.4. The number of aromatic amines is 1. The van der Waals surface area contributed by atoms with Crippen molar-refractivity contribution in [3.8, 4) is 0 Å². The lowest BCUT2D eigenvalue weighted by Gasteiger charge is -2.09. The lowest BCUT2D eigenvalue weighted by molar-refractivity contribution is 0.0697. The number of H-pyrrole nitrogens is 1. The Kier molecular flexibility index (Phi) is 4.14. The van der Waals surface area contributed by atoms with Gasteiger partial charge in [-0.2, -0.15) is 0 Å². The number of hydrogen-bond acceptors (Lipinski definition) is 2. The molecule has 0 bridgehead atoms. The van der Waals surface area contributed by atoms with Crippen molar-refractivity contribution in [2.75, 3.05) is 6.54 Å². The number of aryl methyl sites for hydroxylation is 2. The molecule has 108 valence electrons. The summed E-state index contributed by atoms with van der Waals surface area (Å²) in [4.78, 5) is 14.7. The van der Waals surface area contributed by atoms with Gasteiger partial charge in [-0.05, 0) is 55.5 Å². The molecule has 0 saturated carbocycles. The van der Waals surface area contributed by atoms with Gasteiger partial charge in [-0.25, -0.2) is 4.79 Å². The van der Waals surface area contributed by atoms with Crippen molar-refractivity contribution < 1.29 is 9.90 Å². The third-order valence-electron chi connectivity index (χ3n) is 3.76. The molecule has 0 spiro atoms. The predicted octanol–water partition coefficient (Wildman–Crippen LogP) is 3.19. The van der Waals surface area contributed by atoms with E-state index in [0.29, 0.717) is 12.1 Å². The van der Waals surface area contributed by atoms with Gasteiger partial charge in [-0.1, -0.05) is 13.8 Å². The Hall–Kier alpha value is -1.81. The second-order valence-electron chi connectivity index (χ2n) is 5.57. The summed E-state index contributed by atoms with van der Waals surface area (Å²) in [7, 11) is 0. The topological polar surface area (TPSA) is 79.1 Å². The zero-order valence-corrected chi connectivity index (χ0v) is 12.3. The minimum Gasteiger partial charge on any atom is -0.478 e. The summed E-state index contributed by atoms with van der Waals surface area (Å²) in [5.41, 5.74) is 10.4. The van der Waals surface area contributed by atoms with Crippen LogP contribution in [0.1, 0.15) is 53.4 Å². The predicted molar refractivity (Wildman–Crippen MR) is 81.5 cm³/mol. The molecule has 4 N–H and O–H groups in total. The van der Waals surface area contributed by atoms with Crippen molar-refractivity contribution in [2.24, 2.45) is 5.73 Å². The Balaban J connectivity index is 2.70. The first-order valence-corrected chi connectivity index (χ1v) is 7.04. The number of benzene rings is 1. The molecule has 0 fully saturated rings. The molecule has 1 aromatic heterocycles. The van der Waals surface area contributed by atoms with Gasteiger partial charge in [0.25, 0.3) is 0 Å². The molecule has 2 aromatic rings. The van der Waals surface area contributed by atoms with Gasteiger partial charge in [0, 0.05) is 16.6 Å². The zero-order valence-electron chi connectivity index (χ0n) is 12.3. The van der Waals surface area contributed by atoms with Gasteiger partial charge in [0.15, 0.2) is 0 Å². The Morgan fingerprint density at radius 3 is 2.65 bits per heavy atom. The molecule has 0 saturated heterocycles. The molecule has 0 aliphatic heterocycles. The molecule has 0 unspecified atom stereocenters. The van der Waals surface area contributed by atoms with Crippen LogP contribution in [0.25, 0.3) is 10.9 Å². The highest BCUT2D eigenvalue weighted by Gasteiger charge is 2.16. The van der Waals surface area contributed by atoms with Crippen LogP contribution in [0.4, 0.5) is 0 Å². The second-order valence-corrected chi connectivity index (χ2v) is 5.57. The fourth-order valence-electron chi connectivity index (χ4n) is 2.69. The van der Waals surface area contributed by atoms with Crippen molar-refractivity contribution in [2.45, 2.75) is 39.5 Å². The van der Waals surface area contributed by atoms with E-state index < -0.39 is 5.97 Å². The van der Waals surface area contributed by atoms with Crippen LogP contribution in [0.2, 0.25) is 0 Å². The third kappa shape index (κ3) is 2.56. The first-order valence-electron chi connectivity index (χ1n) is 7.04. The van der Waals surface area contributed by atoms with E-state index in [2.05, 4.69) is 18.8 Å². The average Bonchev–Trinajstić information content (AvgIpc) is 2.70. The van der Waals surface area contributed by atoms with E-state index in [1.54, 1.807) is 12.1 Å². The third-order valence-corrected chi connectivity index (χ3v) is 3.76. The fraction of sp³-hybridized carbons (Fsp3) is 0.438. The van der Waals surface area contributed by atoms with Gasteiger partial charge in [0.2, 0.25) is 0 Å². The summed E-state index contributed by atoms with van der Waals surface area (Å²) in [5.74, 6) is -0.602. The van der Waals surface area contributed by atoms with E-state index in [4.69, 9.17) is 5.73 Å². The molecule has 2 rings (SSSR count). The minimum absolute atomic E-state index is 0.275. The molecule has 0 radical (unpaired) electrons. The molecule has 0 atom stereocenters. The first kappa shape index (κ1) is 14.6. The maximum Gasteiger partial charge on any atom is 0.335 e. The van der Waals surface area contributed by atoms with Crippen molar-refractivity contribution in [1.82, 2.24) is 4.98 Å². The molecule has 0 aliphatic carbocycles. The maximum atomic E-state index is 11.3. The molecule has 0 amide bonds.